The van der Waals surface area contributed by atoms with Crippen molar-refractivity contribution in [1.29, 1.82) is 0 Å². The van der Waals surface area contributed by atoms with Gasteiger partial charge in [0.15, 0.2) is 9.84 Å². The molecule has 1 aliphatic heterocycles. The van der Waals surface area contributed by atoms with Crippen molar-refractivity contribution < 1.29 is 21.6 Å². The number of aryl methyl sites for hydroxylation is 1. The van der Waals surface area contributed by atoms with Gasteiger partial charge in [-0.2, -0.15) is 13.2 Å². The van der Waals surface area contributed by atoms with Crippen molar-refractivity contribution in [2.45, 2.75) is 36.9 Å². The van der Waals surface area contributed by atoms with Crippen LogP contribution in [0.25, 0.3) is 0 Å². The predicted octanol–water partition coefficient (Wildman–Crippen LogP) is 2.68. The first-order valence-electron chi connectivity index (χ1n) is 6.79. The van der Waals surface area contributed by atoms with Gasteiger partial charge in [0, 0.05) is 0 Å². The van der Waals surface area contributed by atoms with E-state index < -0.39 is 26.8 Å². The van der Waals surface area contributed by atoms with E-state index >= 15 is 0 Å². The molecule has 2 rings (SSSR count). The van der Waals surface area contributed by atoms with Crippen LogP contribution >= 0.6 is 0 Å². The van der Waals surface area contributed by atoms with E-state index in [1.807, 2.05) is 0 Å². The maximum absolute atomic E-state index is 12.6. The molecule has 1 N–H and O–H groups in total. The summed E-state index contributed by atoms with van der Waals surface area (Å²) < 4.78 is 62.5. The number of hydrogen-bond acceptors (Lipinski definition) is 3. The molecule has 0 bridgehead atoms. The minimum Gasteiger partial charge on any atom is -0.317 e. The Bertz CT molecular complexity index is 605. The van der Waals surface area contributed by atoms with Crippen LogP contribution in [0.15, 0.2) is 18.2 Å². The van der Waals surface area contributed by atoms with Gasteiger partial charge in [-0.25, -0.2) is 8.42 Å². The number of benzene rings is 1. The molecule has 1 heterocycles. The fourth-order valence-corrected chi connectivity index (χ4v) is 4.47. The summed E-state index contributed by atoms with van der Waals surface area (Å²) in [5.74, 6) is -0.193. The van der Waals surface area contributed by atoms with Gasteiger partial charge in [-0.15, -0.1) is 0 Å². The Labute approximate surface area is 122 Å². The highest BCUT2D eigenvalue weighted by Crippen LogP contribution is 2.31. The third-order valence-electron chi connectivity index (χ3n) is 3.82. The van der Waals surface area contributed by atoms with Gasteiger partial charge in [-0.1, -0.05) is 6.07 Å². The van der Waals surface area contributed by atoms with Crippen LogP contribution in [-0.2, 0) is 21.8 Å². The Morgan fingerprint density at radius 1 is 1.24 bits per heavy atom. The first kappa shape index (κ1) is 16.3. The summed E-state index contributed by atoms with van der Waals surface area (Å²) in [5.41, 5.74) is 0.0619. The maximum atomic E-state index is 12.6. The van der Waals surface area contributed by atoms with Gasteiger partial charge in [-0.05, 0) is 56.1 Å². The monoisotopic (exact) mass is 321 g/mol. The molecule has 1 aliphatic rings. The van der Waals surface area contributed by atoms with E-state index in [-0.39, 0.29) is 5.75 Å². The van der Waals surface area contributed by atoms with Crippen LogP contribution in [0.1, 0.15) is 29.5 Å². The van der Waals surface area contributed by atoms with Gasteiger partial charge in [0.1, 0.15) is 0 Å². The highest BCUT2D eigenvalue weighted by molar-refractivity contribution is 7.91. The second kappa shape index (κ2) is 5.96. The normalized spacial score (nSPS) is 17.9. The molecule has 1 aromatic rings. The lowest BCUT2D eigenvalue weighted by Crippen LogP contribution is -2.36. The minimum absolute atomic E-state index is 0.193. The zero-order valence-corrected chi connectivity index (χ0v) is 12.5. The highest BCUT2D eigenvalue weighted by atomic mass is 32.2. The number of halogens is 3. The molecule has 0 amide bonds. The summed E-state index contributed by atoms with van der Waals surface area (Å²) in [6.07, 6.45) is -3.29. The Hall–Kier alpha value is -1.08. The van der Waals surface area contributed by atoms with Crippen molar-refractivity contribution in [2.75, 3.05) is 13.1 Å². The van der Waals surface area contributed by atoms with Crippen LogP contribution in [0, 0.1) is 6.92 Å². The molecule has 0 unspecified atom stereocenters. The van der Waals surface area contributed by atoms with Gasteiger partial charge in [0.2, 0.25) is 0 Å². The molecule has 0 radical (unpaired) electrons. The number of nitrogens with one attached hydrogen (secondary N) is 1. The number of alkyl halides is 3. The standard InChI is InChI=1S/C14H18F3NO2S/c1-10-8-12(14(15,16)17)3-2-11(10)9-21(19,20)13-4-6-18-7-5-13/h2-3,8,13,18H,4-7,9H2,1H3. The summed E-state index contributed by atoms with van der Waals surface area (Å²) in [6, 6.07) is 3.23. The molecular weight excluding hydrogens is 303 g/mol. The molecular formula is C14H18F3NO2S. The molecule has 0 atom stereocenters. The van der Waals surface area contributed by atoms with Crippen molar-refractivity contribution in [3.05, 3.63) is 34.9 Å². The number of piperidine rings is 1. The summed E-state index contributed by atoms with van der Waals surface area (Å²) in [7, 11) is -3.33. The Morgan fingerprint density at radius 2 is 1.86 bits per heavy atom. The van der Waals surface area contributed by atoms with Crippen molar-refractivity contribution in [3.8, 4) is 0 Å². The SMILES string of the molecule is Cc1cc(C(F)(F)F)ccc1CS(=O)(=O)C1CCNCC1. The molecule has 0 aromatic heterocycles. The third kappa shape index (κ3) is 3.97. The first-order valence-corrected chi connectivity index (χ1v) is 8.51. The molecule has 3 nitrogen and oxygen atoms in total. The van der Waals surface area contributed by atoms with E-state index in [4.69, 9.17) is 0 Å². The molecule has 7 heteroatoms. The highest BCUT2D eigenvalue weighted by Gasteiger charge is 2.32. The molecule has 0 spiro atoms. The van der Waals surface area contributed by atoms with Gasteiger partial charge < -0.3 is 5.32 Å². The Kier molecular flexibility index (Phi) is 4.63. The molecule has 0 aliphatic carbocycles. The van der Waals surface area contributed by atoms with Crippen LogP contribution in [0.4, 0.5) is 13.2 Å². The largest absolute Gasteiger partial charge is 0.416 e. The number of sulfone groups is 1. The predicted molar refractivity (Wildman–Crippen MR) is 74.7 cm³/mol. The second-order valence-electron chi connectivity index (χ2n) is 5.40. The summed E-state index contributed by atoms with van der Waals surface area (Å²) in [6.45, 7) is 2.84. The average molecular weight is 321 g/mol. The lowest BCUT2D eigenvalue weighted by atomic mass is 10.1. The molecule has 1 saturated heterocycles. The van der Waals surface area contributed by atoms with Crippen LogP contribution in [0.2, 0.25) is 0 Å². The van der Waals surface area contributed by atoms with Gasteiger partial charge >= 0.3 is 6.18 Å². The summed E-state index contributed by atoms with van der Waals surface area (Å²) >= 11 is 0. The second-order valence-corrected chi connectivity index (χ2v) is 7.68. The lowest BCUT2D eigenvalue weighted by Gasteiger charge is -2.23. The van der Waals surface area contributed by atoms with Gasteiger partial charge in [0.25, 0.3) is 0 Å². The van der Waals surface area contributed by atoms with E-state index in [9.17, 15) is 21.6 Å². The first-order chi connectivity index (χ1) is 9.70. The zero-order valence-electron chi connectivity index (χ0n) is 11.7. The molecule has 1 aromatic carbocycles. The van der Waals surface area contributed by atoms with Crippen molar-refractivity contribution in [3.63, 3.8) is 0 Å². The van der Waals surface area contributed by atoms with Crippen molar-refractivity contribution in [2.24, 2.45) is 0 Å². The molecule has 118 valence electrons. The molecule has 0 saturated carbocycles. The summed E-state index contributed by atoms with van der Waals surface area (Å²) in [5, 5.41) is 2.69. The minimum atomic E-state index is -4.41. The number of hydrogen-bond donors (Lipinski definition) is 1. The lowest BCUT2D eigenvalue weighted by molar-refractivity contribution is -0.137. The maximum Gasteiger partial charge on any atom is 0.416 e. The van der Waals surface area contributed by atoms with Crippen LogP contribution < -0.4 is 5.32 Å². The topological polar surface area (TPSA) is 46.2 Å². The van der Waals surface area contributed by atoms with Crippen LogP contribution in [0.5, 0.6) is 0 Å². The fraction of sp³-hybridized carbons (Fsp3) is 0.571. The average Bonchev–Trinajstić information content (AvgIpc) is 2.41. The Balaban J connectivity index is 2.19. The van der Waals surface area contributed by atoms with Crippen molar-refractivity contribution >= 4 is 9.84 Å². The fourth-order valence-electron chi connectivity index (χ4n) is 2.52. The van der Waals surface area contributed by atoms with Crippen LogP contribution in [-0.4, -0.2) is 26.8 Å². The van der Waals surface area contributed by atoms with E-state index in [1.165, 1.54) is 13.0 Å². The molecule has 1 fully saturated rings. The molecule has 21 heavy (non-hydrogen) atoms. The van der Waals surface area contributed by atoms with E-state index in [1.54, 1.807) is 0 Å². The van der Waals surface area contributed by atoms with Gasteiger partial charge in [-0.3, -0.25) is 0 Å². The smallest absolute Gasteiger partial charge is 0.317 e. The zero-order chi connectivity index (χ0) is 15.7. The Morgan fingerprint density at radius 3 is 2.38 bits per heavy atom. The van der Waals surface area contributed by atoms with Crippen LogP contribution in [0.3, 0.4) is 0 Å². The third-order valence-corrected chi connectivity index (χ3v) is 6.02. The van der Waals surface area contributed by atoms with E-state index in [0.717, 1.165) is 12.1 Å². The number of rotatable bonds is 3. The quantitative estimate of drug-likeness (QED) is 0.931. The van der Waals surface area contributed by atoms with Crippen molar-refractivity contribution in [1.82, 2.24) is 5.32 Å². The van der Waals surface area contributed by atoms with Gasteiger partial charge in [0.05, 0.1) is 16.6 Å². The van der Waals surface area contributed by atoms with E-state index in [2.05, 4.69) is 5.32 Å². The van der Waals surface area contributed by atoms with E-state index in [0.29, 0.717) is 37.1 Å². The summed E-state index contributed by atoms with van der Waals surface area (Å²) in [4.78, 5) is 0.